The first kappa shape index (κ1) is 9.47. The molecule has 2 aromatic rings. The lowest BCUT2D eigenvalue weighted by Gasteiger charge is -2.06. The van der Waals surface area contributed by atoms with Crippen molar-refractivity contribution in [3.05, 3.63) is 58.6 Å². The van der Waals surface area contributed by atoms with Crippen LogP contribution in [0.1, 0.15) is 5.56 Å². The number of hydrogen-bond acceptors (Lipinski definition) is 0. The molecule has 14 heavy (non-hydrogen) atoms. The second kappa shape index (κ2) is 3.97. The fourth-order valence-corrected chi connectivity index (χ4v) is 1.98. The molecule has 1 heteroatoms. The fraction of sp³-hybridized carbons (Fsp3) is 0.0769. The van der Waals surface area contributed by atoms with Gasteiger partial charge in [0.25, 0.3) is 0 Å². The molecule has 0 saturated carbocycles. The van der Waals surface area contributed by atoms with Gasteiger partial charge in [-0.3, -0.25) is 0 Å². The van der Waals surface area contributed by atoms with Crippen molar-refractivity contribution in [3.8, 4) is 11.1 Å². The van der Waals surface area contributed by atoms with Crippen molar-refractivity contribution >= 4 is 15.9 Å². The summed E-state index contributed by atoms with van der Waals surface area (Å²) in [5, 5.41) is 0. The zero-order valence-electron chi connectivity index (χ0n) is 7.92. The summed E-state index contributed by atoms with van der Waals surface area (Å²) >= 11 is 3.51. The standard InChI is InChI=1S/C13H10Br/c1-10-6-2-3-7-11(10)12-8-4-5-9-13(12)14/h2-8H,1H3. The van der Waals surface area contributed by atoms with Crippen LogP contribution in [0.3, 0.4) is 0 Å². The third kappa shape index (κ3) is 1.73. The van der Waals surface area contributed by atoms with Gasteiger partial charge in [-0.2, -0.15) is 0 Å². The maximum Gasteiger partial charge on any atom is 0.0332 e. The summed E-state index contributed by atoms with van der Waals surface area (Å²) in [6.07, 6.45) is 0. The zero-order chi connectivity index (χ0) is 9.97. The van der Waals surface area contributed by atoms with E-state index >= 15 is 0 Å². The molecule has 0 heterocycles. The van der Waals surface area contributed by atoms with Crippen molar-refractivity contribution in [2.45, 2.75) is 6.92 Å². The predicted molar refractivity (Wildman–Crippen MR) is 63.2 cm³/mol. The van der Waals surface area contributed by atoms with Crippen molar-refractivity contribution in [1.82, 2.24) is 0 Å². The minimum absolute atomic E-state index is 1.02. The van der Waals surface area contributed by atoms with E-state index in [1.54, 1.807) is 0 Å². The van der Waals surface area contributed by atoms with Crippen LogP contribution < -0.4 is 0 Å². The van der Waals surface area contributed by atoms with E-state index in [9.17, 15) is 0 Å². The molecule has 0 bridgehead atoms. The predicted octanol–water partition coefficient (Wildman–Crippen LogP) is 4.22. The van der Waals surface area contributed by atoms with Crippen molar-refractivity contribution < 1.29 is 0 Å². The Bertz CT molecular complexity index is 403. The molecule has 1 radical (unpaired) electrons. The summed E-state index contributed by atoms with van der Waals surface area (Å²) in [7, 11) is 0. The number of rotatable bonds is 1. The first-order valence-corrected chi connectivity index (χ1v) is 5.30. The van der Waals surface area contributed by atoms with E-state index in [4.69, 9.17) is 0 Å². The van der Waals surface area contributed by atoms with E-state index in [2.05, 4.69) is 59.3 Å². The lowest BCUT2D eigenvalue weighted by molar-refractivity contribution is 1.45. The SMILES string of the molecule is Cc1ccccc1-c1ccc[c]c1Br. The molecule has 0 unspecified atom stereocenters. The highest BCUT2D eigenvalue weighted by molar-refractivity contribution is 9.10. The van der Waals surface area contributed by atoms with Crippen molar-refractivity contribution in [1.29, 1.82) is 0 Å². The molecule has 69 valence electrons. The molecule has 0 saturated heterocycles. The molecule has 0 spiro atoms. The molecule has 0 N–H and O–H groups in total. The van der Waals surface area contributed by atoms with Gasteiger partial charge in [-0.15, -0.1) is 0 Å². The Hall–Kier alpha value is -1.08. The third-order valence-corrected chi connectivity index (χ3v) is 2.90. The number of aryl methyl sites for hydroxylation is 1. The quantitative estimate of drug-likeness (QED) is 0.706. The summed E-state index contributed by atoms with van der Waals surface area (Å²) in [4.78, 5) is 0. The van der Waals surface area contributed by atoms with Gasteiger partial charge in [0.15, 0.2) is 0 Å². The van der Waals surface area contributed by atoms with Crippen LogP contribution in [0.2, 0.25) is 0 Å². The normalized spacial score (nSPS) is 10.1. The van der Waals surface area contributed by atoms with Gasteiger partial charge < -0.3 is 0 Å². The van der Waals surface area contributed by atoms with Gasteiger partial charge in [-0.1, -0.05) is 42.5 Å². The molecule has 0 amide bonds. The highest BCUT2D eigenvalue weighted by Crippen LogP contribution is 2.29. The van der Waals surface area contributed by atoms with Gasteiger partial charge in [0, 0.05) is 4.47 Å². The van der Waals surface area contributed by atoms with Gasteiger partial charge in [0.2, 0.25) is 0 Å². The van der Waals surface area contributed by atoms with Crippen LogP contribution in [-0.4, -0.2) is 0 Å². The van der Waals surface area contributed by atoms with Crippen LogP contribution in [0, 0.1) is 13.0 Å². The zero-order valence-corrected chi connectivity index (χ0v) is 9.51. The summed E-state index contributed by atoms with van der Waals surface area (Å²) in [5.74, 6) is 0. The first-order valence-electron chi connectivity index (χ1n) is 4.51. The Morgan fingerprint density at radius 1 is 1.00 bits per heavy atom. The summed E-state index contributed by atoms with van der Waals surface area (Å²) in [5.41, 5.74) is 3.75. The van der Waals surface area contributed by atoms with E-state index in [0.717, 1.165) is 4.47 Å². The molecule has 0 aliphatic carbocycles. The monoisotopic (exact) mass is 245 g/mol. The van der Waals surface area contributed by atoms with Crippen molar-refractivity contribution in [2.24, 2.45) is 0 Å². The van der Waals surface area contributed by atoms with E-state index < -0.39 is 0 Å². The topological polar surface area (TPSA) is 0 Å². The molecule has 0 nitrogen and oxygen atoms in total. The minimum atomic E-state index is 1.02. The van der Waals surface area contributed by atoms with Gasteiger partial charge in [0.05, 0.1) is 0 Å². The smallest absolute Gasteiger partial charge is 0.0332 e. The molecular formula is C13H10Br. The molecule has 0 atom stereocenters. The summed E-state index contributed by atoms with van der Waals surface area (Å²) in [6, 6.07) is 17.5. The molecule has 0 aromatic heterocycles. The molecule has 0 aliphatic rings. The van der Waals surface area contributed by atoms with Gasteiger partial charge in [-0.25, -0.2) is 0 Å². The Kier molecular flexibility index (Phi) is 2.69. The van der Waals surface area contributed by atoms with Crippen LogP contribution >= 0.6 is 15.9 Å². The van der Waals surface area contributed by atoms with E-state index in [1.807, 2.05) is 12.1 Å². The Balaban J connectivity index is 2.61. The van der Waals surface area contributed by atoms with Crippen LogP contribution in [0.15, 0.2) is 46.9 Å². The molecule has 2 aromatic carbocycles. The summed E-state index contributed by atoms with van der Waals surface area (Å²) < 4.78 is 1.02. The van der Waals surface area contributed by atoms with Gasteiger partial charge in [0.1, 0.15) is 0 Å². The average Bonchev–Trinajstić information content (AvgIpc) is 2.20. The van der Waals surface area contributed by atoms with Crippen molar-refractivity contribution in [2.75, 3.05) is 0 Å². The maximum atomic E-state index is 3.51. The maximum absolute atomic E-state index is 3.51. The molecule has 2 rings (SSSR count). The van der Waals surface area contributed by atoms with Crippen molar-refractivity contribution in [3.63, 3.8) is 0 Å². The highest BCUT2D eigenvalue weighted by Gasteiger charge is 2.03. The molecule has 0 fully saturated rings. The third-order valence-electron chi connectivity index (χ3n) is 2.24. The number of halogens is 1. The van der Waals surface area contributed by atoms with Crippen LogP contribution in [0.5, 0.6) is 0 Å². The number of benzene rings is 2. The van der Waals surface area contributed by atoms with Crippen LogP contribution in [-0.2, 0) is 0 Å². The molecule has 0 aliphatic heterocycles. The second-order valence-electron chi connectivity index (χ2n) is 3.21. The van der Waals surface area contributed by atoms with Crippen LogP contribution in [0.25, 0.3) is 11.1 Å². The average molecular weight is 246 g/mol. The Labute approximate surface area is 92.7 Å². The van der Waals surface area contributed by atoms with E-state index in [1.165, 1.54) is 16.7 Å². The number of hydrogen-bond donors (Lipinski definition) is 0. The molecular weight excluding hydrogens is 236 g/mol. The lowest BCUT2D eigenvalue weighted by atomic mass is 10.0. The highest BCUT2D eigenvalue weighted by atomic mass is 79.9. The second-order valence-corrected chi connectivity index (χ2v) is 4.01. The summed E-state index contributed by atoms with van der Waals surface area (Å²) in [6.45, 7) is 2.12. The first-order chi connectivity index (χ1) is 6.79. The Morgan fingerprint density at radius 2 is 1.71 bits per heavy atom. The minimum Gasteiger partial charge on any atom is -0.0620 e. The van der Waals surface area contributed by atoms with E-state index in [0.29, 0.717) is 0 Å². The van der Waals surface area contributed by atoms with Crippen LogP contribution in [0.4, 0.5) is 0 Å². The lowest BCUT2D eigenvalue weighted by Crippen LogP contribution is -1.83. The van der Waals surface area contributed by atoms with Gasteiger partial charge in [-0.05, 0) is 45.6 Å². The Morgan fingerprint density at radius 3 is 2.43 bits per heavy atom. The van der Waals surface area contributed by atoms with Gasteiger partial charge >= 0.3 is 0 Å². The largest absolute Gasteiger partial charge is 0.0620 e. The van der Waals surface area contributed by atoms with E-state index in [-0.39, 0.29) is 0 Å². The fourth-order valence-electron chi connectivity index (χ4n) is 1.50.